The van der Waals surface area contributed by atoms with Gasteiger partial charge in [0.05, 0.1) is 0 Å². The maximum absolute atomic E-state index is 10.1. The Hall–Kier alpha value is -0.420. The van der Waals surface area contributed by atoms with Crippen LogP contribution in [-0.4, -0.2) is 29.0 Å². The lowest BCUT2D eigenvalue weighted by Crippen LogP contribution is -2.31. The van der Waals surface area contributed by atoms with Gasteiger partial charge in [-0.3, -0.25) is 5.73 Å². The standard InChI is InChI=1S/C6H11NO3S/c1-11-3-4-2-6(4,7)10-5(8)9/h4H,2-3,7H2,1H3,(H,8,9). The number of carbonyl (C=O) groups is 1. The van der Waals surface area contributed by atoms with Gasteiger partial charge < -0.3 is 9.84 Å². The van der Waals surface area contributed by atoms with Crippen LogP contribution in [-0.2, 0) is 4.74 Å². The minimum Gasteiger partial charge on any atom is -0.450 e. The molecule has 2 unspecified atom stereocenters. The first kappa shape index (κ1) is 8.67. The van der Waals surface area contributed by atoms with Gasteiger partial charge in [-0.25, -0.2) is 4.79 Å². The second kappa shape index (κ2) is 2.91. The highest BCUT2D eigenvalue weighted by Crippen LogP contribution is 2.43. The molecule has 0 aromatic heterocycles. The van der Waals surface area contributed by atoms with Gasteiger partial charge in [0, 0.05) is 18.1 Å². The van der Waals surface area contributed by atoms with Crippen LogP contribution in [0.15, 0.2) is 0 Å². The molecule has 1 rings (SSSR count). The van der Waals surface area contributed by atoms with E-state index in [0.717, 1.165) is 5.75 Å². The molecule has 0 spiro atoms. The van der Waals surface area contributed by atoms with Crippen molar-refractivity contribution in [2.45, 2.75) is 12.1 Å². The van der Waals surface area contributed by atoms with Gasteiger partial charge in [-0.1, -0.05) is 0 Å². The summed E-state index contributed by atoms with van der Waals surface area (Å²) in [4.78, 5) is 10.1. The molecule has 0 bridgehead atoms. The fourth-order valence-corrected chi connectivity index (χ4v) is 1.82. The van der Waals surface area contributed by atoms with Crippen molar-refractivity contribution >= 4 is 17.9 Å². The molecular weight excluding hydrogens is 166 g/mol. The molecule has 3 N–H and O–H groups in total. The van der Waals surface area contributed by atoms with Crippen molar-refractivity contribution in [2.75, 3.05) is 12.0 Å². The summed E-state index contributed by atoms with van der Waals surface area (Å²) in [5.74, 6) is 1.07. The molecule has 0 radical (unpaired) electrons. The van der Waals surface area contributed by atoms with Gasteiger partial charge in [-0.2, -0.15) is 11.8 Å². The van der Waals surface area contributed by atoms with E-state index in [1.807, 2.05) is 6.26 Å². The van der Waals surface area contributed by atoms with Crippen LogP contribution in [0.1, 0.15) is 6.42 Å². The number of ether oxygens (including phenoxy) is 1. The molecule has 4 nitrogen and oxygen atoms in total. The van der Waals surface area contributed by atoms with Gasteiger partial charge in [0.25, 0.3) is 0 Å². The Kier molecular flexibility index (Phi) is 2.29. The summed E-state index contributed by atoms with van der Waals surface area (Å²) < 4.78 is 4.49. The zero-order valence-corrected chi connectivity index (χ0v) is 7.06. The topological polar surface area (TPSA) is 72.5 Å². The van der Waals surface area contributed by atoms with Crippen LogP contribution in [0.5, 0.6) is 0 Å². The summed E-state index contributed by atoms with van der Waals surface area (Å²) in [6.07, 6.45) is 1.33. The van der Waals surface area contributed by atoms with Crippen molar-refractivity contribution in [3.05, 3.63) is 0 Å². The third-order valence-electron chi connectivity index (χ3n) is 1.74. The Morgan fingerprint density at radius 2 is 2.64 bits per heavy atom. The number of hydrogen-bond acceptors (Lipinski definition) is 4. The molecule has 1 fully saturated rings. The number of carboxylic acid groups (broad SMARTS) is 1. The van der Waals surface area contributed by atoms with Gasteiger partial charge in [0.15, 0.2) is 5.72 Å². The van der Waals surface area contributed by atoms with Gasteiger partial charge in [0.2, 0.25) is 0 Å². The molecular formula is C6H11NO3S. The Balaban J connectivity index is 2.30. The van der Waals surface area contributed by atoms with E-state index in [1.165, 1.54) is 0 Å². The second-order valence-electron chi connectivity index (χ2n) is 2.68. The van der Waals surface area contributed by atoms with Crippen molar-refractivity contribution < 1.29 is 14.6 Å². The molecule has 0 heterocycles. The Bertz CT molecular complexity index is 175. The summed E-state index contributed by atoms with van der Waals surface area (Å²) in [6, 6.07) is 0. The predicted octanol–water partition coefficient (Wildman–Crippen LogP) is 0.719. The SMILES string of the molecule is CSCC1CC1(N)OC(=O)O. The van der Waals surface area contributed by atoms with E-state index in [1.54, 1.807) is 11.8 Å². The minimum absolute atomic E-state index is 0.202. The van der Waals surface area contributed by atoms with Crippen molar-refractivity contribution in [2.24, 2.45) is 11.7 Å². The first-order chi connectivity index (χ1) is 5.08. The zero-order chi connectivity index (χ0) is 8.48. The van der Waals surface area contributed by atoms with Crippen LogP contribution in [0.25, 0.3) is 0 Å². The van der Waals surface area contributed by atoms with E-state index < -0.39 is 11.9 Å². The lowest BCUT2D eigenvalue weighted by atomic mass is 10.4. The van der Waals surface area contributed by atoms with Crippen LogP contribution in [0, 0.1) is 5.92 Å². The van der Waals surface area contributed by atoms with Crippen LogP contribution < -0.4 is 5.73 Å². The van der Waals surface area contributed by atoms with Crippen LogP contribution in [0.2, 0.25) is 0 Å². The maximum atomic E-state index is 10.1. The second-order valence-corrected chi connectivity index (χ2v) is 3.59. The van der Waals surface area contributed by atoms with Crippen LogP contribution in [0.3, 0.4) is 0 Å². The third-order valence-corrected chi connectivity index (χ3v) is 2.48. The van der Waals surface area contributed by atoms with Crippen molar-refractivity contribution in [1.82, 2.24) is 0 Å². The van der Waals surface area contributed by atoms with Gasteiger partial charge in [-0.15, -0.1) is 0 Å². The highest BCUT2D eigenvalue weighted by Gasteiger charge is 2.54. The van der Waals surface area contributed by atoms with Crippen molar-refractivity contribution in [1.29, 1.82) is 0 Å². The summed E-state index contributed by atoms with van der Waals surface area (Å²) in [5, 5.41) is 8.27. The van der Waals surface area contributed by atoms with Gasteiger partial charge in [-0.05, 0) is 6.26 Å². The van der Waals surface area contributed by atoms with E-state index in [0.29, 0.717) is 6.42 Å². The monoisotopic (exact) mass is 177 g/mol. The quantitative estimate of drug-likeness (QED) is 0.491. The van der Waals surface area contributed by atoms with Crippen LogP contribution in [0.4, 0.5) is 4.79 Å². The molecule has 0 saturated heterocycles. The zero-order valence-electron chi connectivity index (χ0n) is 6.24. The van der Waals surface area contributed by atoms with E-state index in [-0.39, 0.29) is 5.92 Å². The molecule has 0 amide bonds. The van der Waals surface area contributed by atoms with E-state index in [4.69, 9.17) is 10.8 Å². The number of nitrogens with two attached hydrogens (primary N) is 1. The van der Waals surface area contributed by atoms with Gasteiger partial charge in [0.1, 0.15) is 0 Å². The molecule has 1 saturated carbocycles. The Morgan fingerprint density at radius 1 is 2.00 bits per heavy atom. The number of thioether (sulfide) groups is 1. The molecule has 64 valence electrons. The molecule has 1 aliphatic carbocycles. The van der Waals surface area contributed by atoms with Crippen LogP contribution >= 0.6 is 11.8 Å². The summed E-state index contributed by atoms with van der Waals surface area (Å²) in [5.41, 5.74) is 4.68. The fraction of sp³-hybridized carbons (Fsp3) is 0.833. The van der Waals surface area contributed by atoms with Crippen molar-refractivity contribution in [3.8, 4) is 0 Å². The lowest BCUT2D eigenvalue weighted by molar-refractivity contribution is 0.0357. The average Bonchev–Trinajstić information content (AvgIpc) is 2.40. The molecule has 5 heteroatoms. The van der Waals surface area contributed by atoms with E-state index in [9.17, 15) is 4.79 Å². The molecule has 0 aromatic rings. The average molecular weight is 177 g/mol. The fourth-order valence-electron chi connectivity index (χ4n) is 1.01. The minimum atomic E-state index is -1.28. The Labute approximate surface area is 69.1 Å². The van der Waals surface area contributed by atoms with Gasteiger partial charge >= 0.3 is 6.16 Å². The maximum Gasteiger partial charge on any atom is 0.507 e. The molecule has 0 aliphatic heterocycles. The summed E-state index contributed by atoms with van der Waals surface area (Å²) >= 11 is 1.65. The smallest absolute Gasteiger partial charge is 0.450 e. The molecule has 0 aromatic carbocycles. The summed E-state index contributed by atoms with van der Waals surface area (Å²) in [7, 11) is 0. The predicted molar refractivity (Wildman–Crippen MR) is 42.5 cm³/mol. The van der Waals surface area contributed by atoms with E-state index in [2.05, 4.69) is 4.74 Å². The molecule has 2 atom stereocenters. The normalized spacial score (nSPS) is 34.9. The highest BCUT2D eigenvalue weighted by atomic mass is 32.2. The molecule has 1 aliphatic rings. The molecule has 11 heavy (non-hydrogen) atoms. The van der Waals surface area contributed by atoms with E-state index >= 15 is 0 Å². The largest absolute Gasteiger partial charge is 0.507 e. The Morgan fingerprint density at radius 3 is 3.09 bits per heavy atom. The highest BCUT2D eigenvalue weighted by molar-refractivity contribution is 7.98. The number of hydrogen-bond donors (Lipinski definition) is 2. The van der Waals surface area contributed by atoms with Crippen molar-refractivity contribution in [3.63, 3.8) is 0 Å². The third kappa shape index (κ3) is 2.00. The summed E-state index contributed by atoms with van der Waals surface area (Å²) in [6.45, 7) is 0. The first-order valence-corrected chi connectivity index (χ1v) is 4.67. The first-order valence-electron chi connectivity index (χ1n) is 3.28. The number of rotatable bonds is 3. The lowest BCUT2D eigenvalue weighted by Gasteiger charge is -2.08.